The smallest absolute Gasteiger partial charge is 0.253 e. The summed E-state index contributed by atoms with van der Waals surface area (Å²) < 4.78 is 10.9. The maximum Gasteiger partial charge on any atom is 0.253 e. The van der Waals surface area contributed by atoms with E-state index in [1.807, 2.05) is 30.3 Å². The number of ether oxygens (including phenoxy) is 2. The minimum absolute atomic E-state index is 0.104. The summed E-state index contributed by atoms with van der Waals surface area (Å²) in [5.74, 6) is 1.36. The van der Waals surface area contributed by atoms with Gasteiger partial charge < -0.3 is 24.7 Å². The number of nitrogens with zero attached hydrogens (tertiary/aromatic N) is 1. The highest BCUT2D eigenvalue weighted by atomic mass is 32.1. The molecule has 0 bridgehead atoms. The van der Waals surface area contributed by atoms with Crippen molar-refractivity contribution >= 4 is 33.9 Å². The van der Waals surface area contributed by atoms with Gasteiger partial charge in [-0.3, -0.25) is 4.79 Å². The number of anilines is 1. The van der Waals surface area contributed by atoms with E-state index in [1.54, 1.807) is 0 Å². The maximum atomic E-state index is 12.9. The molecule has 5 rings (SSSR count). The molecule has 2 N–H and O–H groups in total. The van der Waals surface area contributed by atoms with Gasteiger partial charge in [0.25, 0.3) is 5.56 Å². The van der Waals surface area contributed by atoms with E-state index >= 15 is 0 Å². The van der Waals surface area contributed by atoms with Gasteiger partial charge in [0.1, 0.15) is 0 Å². The molecule has 2 heterocycles. The van der Waals surface area contributed by atoms with Crippen molar-refractivity contribution < 1.29 is 9.47 Å². The Labute approximate surface area is 186 Å². The van der Waals surface area contributed by atoms with Crippen LogP contribution in [0.1, 0.15) is 36.8 Å². The summed E-state index contributed by atoms with van der Waals surface area (Å²) in [7, 11) is 0. The summed E-state index contributed by atoms with van der Waals surface area (Å²) in [4.78, 5) is 18.1. The van der Waals surface area contributed by atoms with Crippen LogP contribution in [0.4, 0.5) is 5.69 Å². The zero-order chi connectivity index (χ0) is 21.4. The monoisotopic (exact) mass is 435 g/mol. The maximum absolute atomic E-state index is 12.9. The van der Waals surface area contributed by atoms with E-state index in [1.165, 1.54) is 18.4 Å². The number of aryl methyl sites for hydroxylation is 1. The number of benzene rings is 2. The molecule has 1 fully saturated rings. The van der Waals surface area contributed by atoms with Crippen LogP contribution in [0.15, 0.2) is 47.3 Å². The first-order valence-electron chi connectivity index (χ1n) is 10.7. The normalized spacial score (nSPS) is 15.4. The van der Waals surface area contributed by atoms with Crippen molar-refractivity contribution in [2.45, 2.75) is 45.2 Å². The SMILES string of the molecule is Cc1ccc(NC(=S)N(Cc2cc3cc4c(cc3[nH]c2=O)OCO4)C2CCCC2)cc1. The molecule has 160 valence electrons. The summed E-state index contributed by atoms with van der Waals surface area (Å²) in [5, 5.41) is 4.94. The fourth-order valence-electron chi connectivity index (χ4n) is 4.36. The largest absolute Gasteiger partial charge is 0.454 e. The Balaban J connectivity index is 1.44. The molecule has 2 aliphatic rings. The molecule has 2 aromatic carbocycles. The van der Waals surface area contributed by atoms with E-state index < -0.39 is 0 Å². The highest BCUT2D eigenvalue weighted by Gasteiger charge is 2.26. The number of hydrogen-bond acceptors (Lipinski definition) is 4. The standard InChI is InChI=1S/C24H25N3O3S/c1-15-6-8-18(9-7-15)25-24(31)27(19-4-2-3-5-19)13-17-10-16-11-21-22(30-14-29-21)12-20(16)26-23(17)28/h6-12,19H,2-5,13-14H2,1H3,(H,25,31)(H,26,28). The lowest BCUT2D eigenvalue weighted by atomic mass is 10.1. The van der Waals surface area contributed by atoms with Crippen LogP contribution in [-0.4, -0.2) is 27.8 Å². The molecule has 6 nitrogen and oxygen atoms in total. The van der Waals surface area contributed by atoms with Gasteiger partial charge in [-0.25, -0.2) is 0 Å². The molecule has 1 aliphatic heterocycles. The van der Waals surface area contributed by atoms with E-state index in [2.05, 4.69) is 34.3 Å². The topological polar surface area (TPSA) is 66.6 Å². The van der Waals surface area contributed by atoms with Gasteiger partial charge in [-0.05, 0) is 56.2 Å². The fraction of sp³-hybridized carbons (Fsp3) is 0.333. The van der Waals surface area contributed by atoms with E-state index in [9.17, 15) is 4.79 Å². The lowest BCUT2D eigenvalue weighted by Gasteiger charge is -2.31. The number of H-pyrrole nitrogens is 1. The minimum atomic E-state index is -0.104. The molecule has 0 atom stereocenters. The zero-order valence-electron chi connectivity index (χ0n) is 17.4. The summed E-state index contributed by atoms with van der Waals surface area (Å²) >= 11 is 5.80. The van der Waals surface area contributed by atoms with Crippen LogP contribution in [0.5, 0.6) is 11.5 Å². The van der Waals surface area contributed by atoms with Gasteiger partial charge in [0.2, 0.25) is 6.79 Å². The minimum Gasteiger partial charge on any atom is -0.454 e. The molecule has 0 spiro atoms. The quantitative estimate of drug-likeness (QED) is 0.579. The molecule has 3 aromatic rings. The van der Waals surface area contributed by atoms with Crippen molar-refractivity contribution in [1.29, 1.82) is 0 Å². The van der Waals surface area contributed by atoms with Crippen molar-refractivity contribution in [3.63, 3.8) is 0 Å². The van der Waals surface area contributed by atoms with Crippen molar-refractivity contribution in [3.8, 4) is 11.5 Å². The number of hydrogen-bond donors (Lipinski definition) is 2. The van der Waals surface area contributed by atoms with Gasteiger partial charge in [0.05, 0.1) is 12.1 Å². The van der Waals surface area contributed by atoms with Crippen LogP contribution in [0, 0.1) is 6.92 Å². The van der Waals surface area contributed by atoms with E-state index in [4.69, 9.17) is 21.7 Å². The van der Waals surface area contributed by atoms with Crippen molar-refractivity contribution in [1.82, 2.24) is 9.88 Å². The first kappa shape index (κ1) is 19.9. The number of aromatic amines is 1. The third kappa shape index (κ3) is 4.10. The Morgan fingerprint density at radius 3 is 2.58 bits per heavy atom. The molecular formula is C24H25N3O3S. The number of fused-ring (bicyclic) bond motifs is 2. The molecule has 0 amide bonds. The van der Waals surface area contributed by atoms with Gasteiger partial charge >= 0.3 is 0 Å². The average molecular weight is 436 g/mol. The third-order valence-corrected chi connectivity index (χ3v) is 6.42. The molecular weight excluding hydrogens is 410 g/mol. The molecule has 1 aliphatic carbocycles. The molecule has 1 aromatic heterocycles. The second-order valence-corrected chi connectivity index (χ2v) is 8.67. The zero-order valence-corrected chi connectivity index (χ0v) is 18.3. The van der Waals surface area contributed by atoms with Gasteiger partial charge in [0, 0.05) is 28.7 Å². The van der Waals surface area contributed by atoms with Crippen LogP contribution >= 0.6 is 12.2 Å². The Hall–Kier alpha value is -3.06. The Bertz CT molecular complexity index is 1180. The first-order chi connectivity index (χ1) is 15.1. The Kier molecular flexibility index (Phi) is 5.28. The molecule has 0 radical (unpaired) electrons. The summed E-state index contributed by atoms with van der Waals surface area (Å²) in [6, 6.07) is 14.2. The van der Waals surface area contributed by atoms with Gasteiger partial charge in [-0.2, -0.15) is 0 Å². The van der Waals surface area contributed by atoms with Crippen LogP contribution in [0.2, 0.25) is 0 Å². The van der Waals surface area contributed by atoms with Crippen LogP contribution < -0.4 is 20.3 Å². The predicted octanol–water partition coefficient (Wildman–Crippen LogP) is 4.71. The second-order valence-electron chi connectivity index (χ2n) is 8.28. The van der Waals surface area contributed by atoms with Crippen LogP contribution in [0.25, 0.3) is 10.9 Å². The summed E-state index contributed by atoms with van der Waals surface area (Å²) in [5.41, 5.74) is 3.48. The van der Waals surface area contributed by atoms with Crippen LogP contribution in [0.3, 0.4) is 0 Å². The average Bonchev–Trinajstić information content (AvgIpc) is 3.44. The molecule has 0 saturated heterocycles. The number of rotatable bonds is 4. The molecule has 0 unspecified atom stereocenters. The summed E-state index contributed by atoms with van der Waals surface area (Å²) in [6.45, 7) is 2.73. The Morgan fingerprint density at radius 1 is 1.13 bits per heavy atom. The lowest BCUT2D eigenvalue weighted by molar-refractivity contribution is 0.174. The Morgan fingerprint density at radius 2 is 1.84 bits per heavy atom. The van der Waals surface area contributed by atoms with E-state index in [0.29, 0.717) is 34.8 Å². The van der Waals surface area contributed by atoms with Gasteiger partial charge in [0.15, 0.2) is 16.6 Å². The lowest BCUT2D eigenvalue weighted by Crippen LogP contribution is -2.42. The second kappa shape index (κ2) is 8.23. The van der Waals surface area contributed by atoms with E-state index in [0.717, 1.165) is 29.4 Å². The number of nitrogens with one attached hydrogen (secondary N) is 2. The highest BCUT2D eigenvalue weighted by molar-refractivity contribution is 7.80. The van der Waals surface area contributed by atoms with Crippen LogP contribution in [-0.2, 0) is 6.54 Å². The van der Waals surface area contributed by atoms with Gasteiger partial charge in [-0.15, -0.1) is 0 Å². The first-order valence-corrected chi connectivity index (χ1v) is 11.1. The third-order valence-electron chi connectivity index (χ3n) is 6.08. The molecule has 1 saturated carbocycles. The van der Waals surface area contributed by atoms with Crippen molar-refractivity contribution in [3.05, 3.63) is 63.9 Å². The van der Waals surface area contributed by atoms with E-state index in [-0.39, 0.29) is 12.4 Å². The number of aromatic nitrogens is 1. The van der Waals surface area contributed by atoms with Crippen molar-refractivity contribution in [2.75, 3.05) is 12.1 Å². The fourth-order valence-corrected chi connectivity index (χ4v) is 4.69. The predicted molar refractivity (Wildman–Crippen MR) is 126 cm³/mol. The highest BCUT2D eigenvalue weighted by Crippen LogP contribution is 2.35. The van der Waals surface area contributed by atoms with Crippen molar-refractivity contribution in [2.24, 2.45) is 0 Å². The number of pyridine rings is 1. The summed E-state index contributed by atoms with van der Waals surface area (Å²) in [6.07, 6.45) is 4.54. The number of thiocarbonyl (C=S) groups is 1. The molecule has 7 heteroatoms. The molecule has 31 heavy (non-hydrogen) atoms. The van der Waals surface area contributed by atoms with Gasteiger partial charge in [-0.1, -0.05) is 30.5 Å².